The molecule has 2 saturated heterocycles. The predicted octanol–water partition coefficient (Wildman–Crippen LogP) is 14.7. The van der Waals surface area contributed by atoms with E-state index in [2.05, 4.69) is 90.2 Å². The van der Waals surface area contributed by atoms with E-state index < -0.39 is 35.3 Å². The van der Waals surface area contributed by atoms with Gasteiger partial charge in [0.15, 0.2) is 5.78 Å². The first-order valence-corrected chi connectivity index (χ1v) is 41.7. The molecule has 0 spiro atoms. The minimum Gasteiger partial charge on any atom is -0.320 e. The number of alkyl carbamates (subject to hydrolysis) is 2. The van der Waals surface area contributed by atoms with Gasteiger partial charge in [-0.15, -0.1) is 0 Å². The van der Waals surface area contributed by atoms with Gasteiger partial charge >= 0.3 is 60.6 Å². The molecule has 4 aromatic heterocycles. The van der Waals surface area contributed by atoms with Gasteiger partial charge in [0.1, 0.15) is 11.2 Å². The van der Waals surface area contributed by atoms with Crippen molar-refractivity contribution in [2.45, 2.75) is 175 Å². The van der Waals surface area contributed by atoms with E-state index >= 15 is 0 Å². The fourth-order valence-electron chi connectivity index (χ4n) is 13.0. The summed E-state index contributed by atoms with van der Waals surface area (Å²) in [5.41, 5.74) is 16.6. The summed E-state index contributed by atoms with van der Waals surface area (Å²) in [6, 6.07) is 31.3. The summed E-state index contributed by atoms with van der Waals surface area (Å²) in [7, 11) is 5.53. The van der Waals surface area contributed by atoms with E-state index in [1.54, 1.807) is 58.1 Å². The fourth-order valence-corrected chi connectivity index (χ4v) is 14.3. The van der Waals surface area contributed by atoms with Crippen LogP contribution in [0.15, 0.2) is 131 Å². The second-order valence-electron chi connectivity index (χ2n) is 27.8. The first-order valence-electron chi connectivity index (χ1n) is 33.9. The van der Waals surface area contributed by atoms with Crippen molar-refractivity contribution in [2.75, 3.05) is 45.5 Å². The van der Waals surface area contributed by atoms with E-state index in [0.717, 1.165) is 80.7 Å². The van der Waals surface area contributed by atoms with E-state index in [4.69, 9.17) is 35.5 Å². The summed E-state index contributed by atoms with van der Waals surface area (Å²) in [6.45, 7) is 22.2. The first-order chi connectivity index (χ1) is 48.0. The Morgan fingerprint density at radius 2 is 1.12 bits per heavy atom. The number of benzene rings is 4. The third-order valence-electron chi connectivity index (χ3n) is 17.2. The number of ether oxygens (including phenoxy) is 2. The number of carbonyl (C=O) groups is 7. The molecule has 4 aromatic carbocycles. The van der Waals surface area contributed by atoms with Crippen molar-refractivity contribution in [3.63, 3.8) is 0 Å². The number of nitrogens with zero attached hydrogens (tertiary/aromatic N) is 6. The molecule has 25 heteroatoms. The van der Waals surface area contributed by atoms with Crippen LogP contribution < -0.4 is 36.0 Å². The number of anilines is 4. The normalized spacial score (nSPS) is 16.4. The topological polar surface area (TPSA) is 245 Å². The Bertz CT molecular complexity index is 4280. The van der Waals surface area contributed by atoms with Gasteiger partial charge in [0.05, 0.1) is 47.9 Å². The van der Waals surface area contributed by atoms with Crippen LogP contribution in [0.2, 0.25) is 0 Å². The van der Waals surface area contributed by atoms with Crippen LogP contribution in [0.1, 0.15) is 147 Å². The molecular weight excluding hydrogens is 1530 g/mol. The number of hydrogen-bond donors (Lipinski definition) is 3. The number of thiophene rings is 2. The van der Waals surface area contributed by atoms with Gasteiger partial charge in [-0.3, -0.25) is 24.0 Å². The van der Waals surface area contributed by atoms with Gasteiger partial charge in [-0.1, -0.05) is 60.7 Å². The van der Waals surface area contributed by atoms with Crippen LogP contribution in [0.3, 0.4) is 0 Å². The number of carbonyl (C=O) groups excluding carboxylic acids is 9. The summed E-state index contributed by atoms with van der Waals surface area (Å²) in [4.78, 5) is 115. The fraction of sp³-hybridized carbons (Fsp3) is 0.421. The summed E-state index contributed by atoms with van der Waals surface area (Å²) in [6.07, 6.45) is 10.0. The Hall–Kier alpha value is -7.88. The Morgan fingerprint density at radius 3 is 1.57 bits per heavy atom. The maximum absolute atomic E-state index is 14.4. The van der Waals surface area contributed by atoms with E-state index in [-0.39, 0.29) is 67.8 Å². The van der Waals surface area contributed by atoms with Gasteiger partial charge in [0.25, 0.3) is 0 Å². The molecule has 8 aromatic rings. The standard InChI is InChI=1S/C38H44N4O5S.C18H19N3O2S.C18H26N2O2.CH3ClS.CO2.W/c1-24(2)41-22-28(29-11-6-7-12-31(29)41)19-30(39-37(46)47-38(3,4)5)33(43)20-27-18-26-10-8-13-32(40-16-9-14-34(40)44)35(26)42(36(27)45)21-25-15-17-48-23-25;19-14-9-13-3-1-4-15(20-7-2-5-16(20)22)17(13)21(18(14)23)10-12-6-8-24-11-12;1-13(2)20-12-14(15-8-6-7-9-16(15)20)10-11-19-17(21)22-18(3,4)5;1-3-2;2-1-3;/h6-8,10-13,15,17,22-24,27,30H,9,14,16,18-21H2,1-5H3,(H,39,46);1,3-4,6,8,11,14H,2,5,7,9-10,19H2;6-9,12-13H,10-11H2,1-5H3,(H,19,21);1H3;;/t27?,30-;;;;;/m1...../s1. The number of aromatic nitrogens is 2. The number of Topliss-reactive ketones (excluding diaryl/α,β-unsaturated/α-hetero) is 1. The monoisotopic (exact) mass is 1620 g/mol. The third-order valence-corrected chi connectivity index (χ3v) is 18.6. The van der Waals surface area contributed by atoms with Crippen LogP contribution in [0.5, 0.6) is 0 Å². The largest absolute Gasteiger partial charge is 0.373 e. The Labute approximate surface area is 616 Å². The second-order valence-corrected chi connectivity index (χ2v) is 39.1. The number of rotatable bonds is 17. The van der Waals surface area contributed by atoms with Crippen molar-refractivity contribution in [1.29, 1.82) is 0 Å². The van der Waals surface area contributed by atoms with Crippen molar-refractivity contribution < 1.29 is 70.6 Å². The zero-order valence-electron chi connectivity index (χ0n) is 59.3. The molecule has 101 heavy (non-hydrogen) atoms. The quantitative estimate of drug-likeness (QED) is 0.0771. The molecule has 538 valence electrons. The van der Waals surface area contributed by atoms with Crippen LogP contribution in [0.4, 0.5) is 32.3 Å². The number of fused-ring (bicyclic) bond motifs is 4. The van der Waals surface area contributed by atoms with Gasteiger partial charge in [-0.25, -0.2) is 9.59 Å². The average molecular weight is 1620 g/mol. The average Bonchev–Trinajstić information content (AvgIpc) is 1.81. The minimum atomic E-state index is -0.903. The predicted molar refractivity (Wildman–Crippen MR) is 399 cm³/mol. The smallest absolute Gasteiger partial charge is 0.320 e. The van der Waals surface area contributed by atoms with E-state index in [1.165, 1.54) is 34.5 Å². The summed E-state index contributed by atoms with van der Waals surface area (Å²) < 4.78 is 15.3. The Morgan fingerprint density at radius 1 is 0.663 bits per heavy atom. The van der Waals surface area contributed by atoms with Crippen molar-refractivity contribution in [2.24, 2.45) is 11.7 Å². The number of nitrogens with one attached hydrogen (secondary N) is 2. The zero-order valence-corrected chi connectivity index (χ0v) is 65.4. The van der Waals surface area contributed by atoms with Crippen molar-refractivity contribution in [3.8, 4) is 0 Å². The molecule has 0 radical (unpaired) electrons. The summed E-state index contributed by atoms with van der Waals surface area (Å²) in [5.74, 6) is -0.917. The number of para-hydroxylation sites is 4. The number of hydrogen-bond acceptors (Lipinski definition) is 14. The van der Waals surface area contributed by atoms with Gasteiger partial charge in [-0.05, 0) is 193 Å². The van der Waals surface area contributed by atoms with Crippen LogP contribution in [-0.2, 0) is 99.8 Å². The van der Waals surface area contributed by atoms with Gasteiger partial charge in [0, 0.05) is 97.5 Å². The van der Waals surface area contributed by atoms with Crippen molar-refractivity contribution in [1.82, 2.24) is 19.8 Å². The molecule has 4 aliphatic rings. The first kappa shape index (κ1) is 78.8. The number of nitrogens with two attached hydrogens (primary N) is 1. The number of amides is 6. The van der Waals surface area contributed by atoms with Crippen LogP contribution in [0, 0.1) is 5.92 Å². The van der Waals surface area contributed by atoms with Crippen LogP contribution >= 0.6 is 40.7 Å². The molecule has 4 atom stereocenters. The summed E-state index contributed by atoms with van der Waals surface area (Å²) in [5, 5.41) is 16.0. The number of ketones is 1. The summed E-state index contributed by atoms with van der Waals surface area (Å²) >= 11 is 4.64. The molecule has 0 bridgehead atoms. The van der Waals surface area contributed by atoms with Gasteiger partial charge < -0.3 is 54.6 Å². The number of halogens is 1. The maximum Gasteiger partial charge on any atom is 0.373 e. The van der Waals surface area contributed by atoms with Crippen LogP contribution in [-0.4, -0.2) is 106 Å². The zero-order chi connectivity index (χ0) is 73.5. The molecule has 4 aliphatic heterocycles. The SMILES string of the molecule is CC(C)n1cc(CCNC(=O)OC(C)(C)C)c2ccccc21.CC(C)n1cc(C[C@@H](NC(=O)OC(C)(C)C)C(=O)CC2Cc3cccc(N4CCCC4=O)c3N(Cc3ccsc3)C2=O)c2ccccc21.C[S](Cl)=[W].NC1Cc2cccc(N3CCCC3=O)c2N(Cc2ccsc2)C1=O.O=C=O. The second kappa shape index (κ2) is 35.8. The molecule has 3 unspecified atom stereocenters. The molecule has 0 saturated carbocycles. The minimum absolute atomic E-state index is 0.0471. The molecule has 6 amide bonds. The van der Waals surface area contributed by atoms with Gasteiger partial charge in [-0.2, -0.15) is 32.3 Å². The molecule has 20 nitrogen and oxygen atoms in total. The molecule has 4 N–H and O–H groups in total. The molecule has 0 aliphatic carbocycles. The Balaban J connectivity index is 0.000000203. The molecule has 2 fully saturated rings. The van der Waals surface area contributed by atoms with E-state index in [1.807, 2.05) is 120 Å². The molecular formula is C76H92ClN9O11S3W. The van der Waals surface area contributed by atoms with Crippen LogP contribution in [0.25, 0.3) is 21.8 Å². The molecule has 8 heterocycles. The van der Waals surface area contributed by atoms with Crippen molar-refractivity contribution in [3.05, 3.63) is 164 Å². The maximum atomic E-state index is 14.4. The van der Waals surface area contributed by atoms with E-state index in [0.29, 0.717) is 64.4 Å². The van der Waals surface area contributed by atoms with E-state index in [9.17, 15) is 33.6 Å². The third kappa shape index (κ3) is 21.1. The van der Waals surface area contributed by atoms with Gasteiger partial charge in [0.2, 0.25) is 23.6 Å². The van der Waals surface area contributed by atoms with Crippen molar-refractivity contribution >= 4 is 133 Å². The molecule has 12 rings (SSSR count). The Kier molecular flexibility index (Phi) is 28.0.